The van der Waals surface area contributed by atoms with Crippen molar-refractivity contribution in [3.8, 4) is 0 Å². The molecule has 1 saturated heterocycles. The van der Waals surface area contributed by atoms with Crippen LogP contribution in [0.2, 0.25) is 5.15 Å². The number of pyridine rings is 1. The minimum Gasteiger partial charge on any atom is -0.379 e. The molecule has 2 rings (SSSR count). The zero-order valence-electron chi connectivity index (χ0n) is 11.3. The first-order chi connectivity index (χ1) is 9.77. The van der Waals surface area contributed by atoms with Gasteiger partial charge in [0.05, 0.1) is 18.3 Å². The van der Waals surface area contributed by atoms with Gasteiger partial charge in [-0.05, 0) is 31.4 Å². The summed E-state index contributed by atoms with van der Waals surface area (Å²) in [6, 6.07) is 3.34. The molecule has 1 amide bonds. The number of amides is 1. The van der Waals surface area contributed by atoms with Crippen LogP contribution in [0.4, 0.5) is 0 Å². The maximum Gasteiger partial charge on any atom is 0.254 e. The summed E-state index contributed by atoms with van der Waals surface area (Å²) in [6.07, 6.45) is 4.76. The number of aromatic nitrogens is 1. The van der Waals surface area contributed by atoms with E-state index in [-0.39, 0.29) is 17.2 Å². The van der Waals surface area contributed by atoms with Crippen molar-refractivity contribution >= 4 is 17.5 Å². The summed E-state index contributed by atoms with van der Waals surface area (Å²) in [5, 5.41) is 3.02. The van der Waals surface area contributed by atoms with Gasteiger partial charge in [0.2, 0.25) is 0 Å². The molecule has 1 fully saturated rings. The van der Waals surface area contributed by atoms with Crippen LogP contribution in [0.1, 0.15) is 29.6 Å². The van der Waals surface area contributed by atoms with Crippen LogP contribution >= 0.6 is 11.6 Å². The SMILES string of the molecule is O=C(NCCCOCC1CCCO1)c1cccnc1Cl. The van der Waals surface area contributed by atoms with Crippen molar-refractivity contribution in [3.63, 3.8) is 0 Å². The summed E-state index contributed by atoms with van der Waals surface area (Å²) >= 11 is 5.84. The molecule has 6 heteroatoms. The Labute approximate surface area is 123 Å². The van der Waals surface area contributed by atoms with E-state index in [2.05, 4.69) is 10.3 Å². The molecular formula is C14H19ClN2O3. The Morgan fingerprint density at radius 2 is 2.50 bits per heavy atom. The zero-order valence-corrected chi connectivity index (χ0v) is 12.1. The molecule has 2 heterocycles. The predicted octanol–water partition coefficient (Wildman–Crippen LogP) is 2.05. The van der Waals surface area contributed by atoms with Crippen LogP contribution in [-0.4, -0.2) is 43.4 Å². The quantitative estimate of drug-likeness (QED) is 0.618. The van der Waals surface area contributed by atoms with Gasteiger partial charge in [-0.2, -0.15) is 0 Å². The number of ether oxygens (including phenoxy) is 2. The molecule has 0 saturated carbocycles. The van der Waals surface area contributed by atoms with E-state index in [1.165, 1.54) is 0 Å². The van der Waals surface area contributed by atoms with Gasteiger partial charge in [-0.15, -0.1) is 0 Å². The number of nitrogens with one attached hydrogen (secondary N) is 1. The van der Waals surface area contributed by atoms with Gasteiger partial charge in [-0.1, -0.05) is 11.6 Å². The fraction of sp³-hybridized carbons (Fsp3) is 0.571. The summed E-state index contributed by atoms with van der Waals surface area (Å²) in [5.41, 5.74) is 0.398. The fourth-order valence-electron chi connectivity index (χ4n) is 2.02. The van der Waals surface area contributed by atoms with Crippen molar-refractivity contribution in [2.45, 2.75) is 25.4 Å². The Bertz CT molecular complexity index is 436. The second-order valence-electron chi connectivity index (χ2n) is 4.66. The van der Waals surface area contributed by atoms with Crippen LogP contribution < -0.4 is 5.32 Å². The van der Waals surface area contributed by atoms with Gasteiger partial charge in [0.1, 0.15) is 5.15 Å². The second kappa shape index (κ2) is 8.19. The van der Waals surface area contributed by atoms with Gasteiger partial charge in [0, 0.05) is 26.0 Å². The average Bonchev–Trinajstić information content (AvgIpc) is 2.96. The first-order valence-corrected chi connectivity index (χ1v) is 7.23. The lowest BCUT2D eigenvalue weighted by Crippen LogP contribution is -2.26. The maximum absolute atomic E-state index is 11.8. The Kier molecular flexibility index (Phi) is 6.24. The van der Waals surface area contributed by atoms with Crippen LogP contribution in [0, 0.1) is 0 Å². The van der Waals surface area contributed by atoms with Crippen molar-refractivity contribution in [1.82, 2.24) is 10.3 Å². The van der Waals surface area contributed by atoms with Crippen molar-refractivity contribution in [2.75, 3.05) is 26.4 Å². The van der Waals surface area contributed by atoms with E-state index in [0.29, 0.717) is 25.3 Å². The molecular weight excluding hydrogens is 280 g/mol. The van der Waals surface area contributed by atoms with E-state index < -0.39 is 0 Å². The van der Waals surface area contributed by atoms with Crippen LogP contribution in [0.15, 0.2) is 18.3 Å². The van der Waals surface area contributed by atoms with E-state index in [9.17, 15) is 4.79 Å². The van der Waals surface area contributed by atoms with Crippen LogP contribution in [0.25, 0.3) is 0 Å². The molecule has 1 aliphatic rings. The third kappa shape index (κ3) is 4.74. The van der Waals surface area contributed by atoms with E-state index in [1.807, 2.05) is 0 Å². The molecule has 110 valence electrons. The van der Waals surface area contributed by atoms with Crippen molar-refractivity contribution in [2.24, 2.45) is 0 Å². The molecule has 1 atom stereocenters. The normalized spacial score (nSPS) is 18.1. The molecule has 1 aliphatic heterocycles. The smallest absolute Gasteiger partial charge is 0.254 e. The van der Waals surface area contributed by atoms with E-state index in [4.69, 9.17) is 21.1 Å². The van der Waals surface area contributed by atoms with Gasteiger partial charge >= 0.3 is 0 Å². The number of hydrogen-bond donors (Lipinski definition) is 1. The molecule has 0 bridgehead atoms. The van der Waals surface area contributed by atoms with Gasteiger partial charge < -0.3 is 14.8 Å². The third-order valence-electron chi connectivity index (χ3n) is 3.08. The molecule has 1 unspecified atom stereocenters. The maximum atomic E-state index is 11.8. The first-order valence-electron chi connectivity index (χ1n) is 6.85. The highest BCUT2D eigenvalue weighted by Gasteiger charge is 2.15. The van der Waals surface area contributed by atoms with Gasteiger partial charge in [0.25, 0.3) is 5.91 Å². The molecule has 0 spiro atoms. The van der Waals surface area contributed by atoms with Gasteiger partial charge in [-0.25, -0.2) is 4.98 Å². The largest absolute Gasteiger partial charge is 0.379 e. The van der Waals surface area contributed by atoms with E-state index >= 15 is 0 Å². The molecule has 0 aliphatic carbocycles. The molecule has 1 N–H and O–H groups in total. The highest BCUT2D eigenvalue weighted by atomic mass is 35.5. The highest BCUT2D eigenvalue weighted by Crippen LogP contribution is 2.12. The number of hydrogen-bond acceptors (Lipinski definition) is 4. The summed E-state index contributed by atoms with van der Waals surface area (Å²) in [4.78, 5) is 15.7. The minimum absolute atomic E-state index is 0.206. The zero-order chi connectivity index (χ0) is 14.2. The van der Waals surface area contributed by atoms with Gasteiger partial charge in [-0.3, -0.25) is 4.79 Å². The number of nitrogens with zero attached hydrogens (tertiary/aromatic N) is 1. The third-order valence-corrected chi connectivity index (χ3v) is 3.38. The van der Waals surface area contributed by atoms with Crippen molar-refractivity contribution in [3.05, 3.63) is 29.0 Å². The van der Waals surface area contributed by atoms with Crippen LogP contribution in [0.5, 0.6) is 0 Å². The number of halogens is 1. The average molecular weight is 299 g/mol. The second-order valence-corrected chi connectivity index (χ2v) is 5.02. The standard InChI is InChI=1S/C14H19ClN2O3/c15-13-12(5-1-6-16-13)14(18)17-7-3-8-19-10-11-4-2-9-20-11/h1,5-6,11H,2-4,7-10H2,(H,17,18). The lowest BCUT2D eigenvalue weighted by molar-refractivity contribution is 0.0166. The minimum atomic E-state index is -0.206. The lowest BCUT2D eigenvalue weighted by atomic mass is 10.2. The summed E-state index contributed by atoms with van der Waals surface area (Å²) in [5.74, 6) is -0.206. The lowest BCUT2D eigenvalue weighted by Gasteiger charge is -2.10. The summed E-state index contributed by atoms with van der Waals surface area (Å²) < 4.78 is 11.0. The monoisotopic (exact) mass is 298 g/mol. The Morgan fingerprint density at radius 1 is 1.60 bits per heavy atom. The Morgan fingerprint density at radius 3 is 3.25 bits per heavy atom. The van der Waals surface area contributed by atoms with E-state index in [0.717, 1.165) is 25.9 Å². The predicted molar refractivity (Wildman–Crippen MR) is 76.0 cm³/mol. The molecule has 1 aromatic heterocycles. The molecule has 0 radical (unpaired) electrons. The van der Waals surface area contributed by atoms with E-state index in [1.54, 1.807) is 18.3 Å². The molecule has 0 aromatic carbocycles. The fourth-order valence-corrected chi connectivity index (χ4v) is 2.22. The van der Waals surface area contributed by atoms with Crippen LogP contribution in [0.3, 0.4) is 0 Å². The number of rotatable bonds is 7. The summed E-state index contributed by atoms with van der Waals surface area (Å²) in [6.45, 7) is 2.65. The number of carbonyl (C=O) groups is 1. The van der Waals surface area contributed by atoms with Crippen molar-refractivity contribution in [1.29, 1.82) is 0 Å². The molecule has 5 nitrogen and oxygen atoms in total. The molecule has 1 aromatic rings. The Hall–Kier alpha value is -1.17. The van der Waals surface area contributed by atoms with Crippen molar-refractivity contribution < 1.29 is 14.3 Å². The van der Waals surface area contributed by atoms with Gasteiger partial charge in [0.15, 0.2) is 0 Å². The topological polar surface area (TPSA) is 60.5 Å². The highest BCUT2D eigenvalue weighted by molar-refractivity contribution is 6.32. The molecule has 20 heavy (non-hydrogen) atoms. The number of carbonyl (C=O) groups excluding carboxylic acids is 1. The first kappa shape index (κ1) is 15.2. The Balaban J connectivity index is 1.56. The van der Waals surface area contributed by atoms with Crippen LogP contribution in [-0.2, 0) is 9.47 Å². The summed E-state index contributed by atoms with van der Waals surface area (Å²) in [7, 11) is 0.